The summed E-state index contributed by atoms with van der Waals surface area (Å²) in [5, 5.41) is 3.07. The number of para-hydroxylation sites is 2. The highest BCUT2D eigenvalue weighted by molar-refractivity contribution is 7.92. The molecule has 0 saturated heterocycles. The molecule has 0 aliphatic heterocycles. The molecule has 1 aliphatic rings. The number of benzene rings is 3. The number of hydrogen-bond acceptors (Lipinski definition) is 5. The summed E-state index contributed by atoms with van der Waals surface area (Å²) in [4.78, 5) is 29.0. The number of nitrogens with zero attached hydrogens (tertiary/aromatic N) is 2. The maximum atomic E-state index is 14.1. The summed E-state index contributed by atoms with van der Waals surface area (Å²) in [5.74, 6) is -1.01. The molecule has 218 valence electrons. The minimum absolute atomic E-state index is 0.000849. The Bertz CT molecular complexity index is 1430. The van der Waals surface area contributed by atoms with Crippen LogP contribution in [0.4, 0.5) is 10.1 Å². The van der Waals surface area contributed by atoms with Crippen molar-refractivity contribution in [1.29, 1.82) is 0 Å². The highest BCUT2D eigenvalue weighted by Crippen LogP contribution is 2.32. The van der Waals surface area contributed by atoms with Crippen molar-refractivity contribution in [2.45, 2.75) is 62.6 Å². The minimum Gasteiger partial charge on any atom is -0.495 e. The number of sulfonamides is 1. The van der Waals surface area contributed by atoms with Crippen LogP contribution in [0, 0.1) is 5.82 Å². The topological polar surface area (TPSA) is 96.0 Å². The first-order valence-corrected chi connectivity index (χ1v) is 15.2. The predicted octanol–water partition coefficient (Wildman–Crippen LogP) is 4.90. The molecule has 1 aliphatic carbocycles. The van der Waals surface area contributed by atoms with Crippen molar-refractivity contribution in [2.24, 2.45) is 0 Å². The summed E-state index contributed by atoms with van der Waals surface area (Å²) >= 11 is 0. The van der Waals surface area contributed by atoms with Gasteiger partial charge in [0.15, 0.2) is 0 Å². The van der Waals surface area contributed by atoms with Gasteiger partial charge in [-0.3, -0.25) is 13.9 Å². The van der Waals surface area contributed by atoms with Gasteiger partial charge in [-0.1, -0.05) is 62.2 Å². The number of amides is 2. The maximum Gasteiger partial charge on any atom is 0.264 e. The first-order chi connectivity index (χ1) is 19.7. The van der Waals surface area contributed by atoms with Crippen LogP contribution in [0.1, 0.15) is 44.6 Å². The number of methoxy groups -OCH3 is 1. The Morgan fingerprint density at radius 3 is 2.24 bits per heavy atom. The van der Waals surface area contributed by atoms with E-state index in [1.165, 1.54) is 36.3 Å². The van der Waals surface area contributed by atoms with Gasteiger partial charge in [-0.2, -0.15) is 0 Å². The summed E-state index contributed by atoms with van der Waals surface area (Å²) in [6.07, 6.45) is 4.14. The Hall–Kier alpha value is -3.92. The molecule has 41 heavy (non-hydrogen) atoms. The van der Waals surface area contributed by atoms with Gasteiger partial charge in [-0.25, -0.2) is 12.8 Å². The molecule has 3 aromatic carbocycles. The second-order valence-corrected chi connectivity index (χ2v) is 11.9. The van der Waals surface area contributed by atoms with Crippen molar-refractivity contribution >= 4 is 27.5 Å². The van der Waals surface area contributed by atoms with E-state index < -0.39 is 34.3 Å². The van der Waals surface area contributed by atoms with Gasteiger partial charge in [0.1, 0.15) is 24.2 Å². The Labute approximate surface area is 241 Å². The zero-order chi connectivity index (χ0) is 29.4. The Morgan fingerprint density at radius 2 is 1.61 bits per heavy atom. The van der Waals surface area contributed by atoms with E-state index in [0.29, 0.717) is 12.0 Å². The second-order valence-electron chi connectivity index (χ2n) is 10.1. The van der Waals surface area contributed by atoms with Crippen LogP contribution in [0.15, 0.2) is 83.8 Å². The molecule has 2 amide bonds. The number of nitrogens with one attached hydrogen (secondary N) is 1. The number of hydrogen-bond donors (Lipinski definition) is 1. The number of anilines is 1. The SMILES string of the molecule is CCC(C(=O)NC1CCCC1)N(Cc1ccc(F)cc1)C(=O)CN(c1ccccc1OC)S(=O)(=O)c1ccccc1. The minimum atomic E-state index is -4.21. The van der Waals surface area contributed by atoms with Crippen molar-refractivity contribution < 1.29 is 27.1 Å². The van der Waals surface area contributed by atoms with Crippen LogP contribution in [-0.4, -0.2) is 50.9 Å². The fourth-order valence-electron chi connectivity index (χ4n) is 5.14. The third-order valence-corrected chi connectivity index (χ3v) is 9.09. The Morgan fingerprint density at radius 1 is 0.976 bits per heavy atom. The molecule has 0 aromatic heterocycles. The van der Waals surface area contributed by atoms with E-state index in [0.717, 1.165) is 30.0 Å². The Kier molecular flexibility index (Phi) is 9.99. The zero-order valence-corrected chi connectivity index (χ0v) is 24.1. The molecule has 0 heterocycles. The first kappa shape index (κ1) is 30.0. The van der Waals surface area contributed by atoms with Gasteiger partial charge in [0.2, 0.25) is 11.8 Å². The first-order valence-electron chi connectivity index (χ1n) is 13.8. The van der Waals surface area contributed by atoms with Crippen molar-refractivity contribution in [3.05, 3.63) is 90.2 Å². The lowest BCUT2D eigenvalue weighted by atomic mass is 10.1. The van der Waals surface area contributed by atoms with Crippen LogP contribution in [0.25, 0.3) is 0 Å². The monoisotopic (exact) mass is 581 g/mol. The molecule has 0 radical (unpaired) electrons. The number of carbonyl (C=O) groups excluding carboxylic acids is 2. The summed E-state index contributed by atoms with van der Waals surface area (Å²) in [6.45, 7) is 1.23. The molecule has 1 fully saturated rings. The third-order valence-electron chi connectivity index (χ3n) is 7.32. The highest BCUT2D eigenvalue weighted by Gasteiger charge is 2.35. The predicted molar refractivity (Wildman–Crippen MR) is 155 cm³/mol. The molecule has 0 bridgehead atoms. The van der Waals surface area contributed by atoms with Crippen LogP contribution in [0.3, 0.4) is 0 Å². The fraction of sp³-hybridized carbons (Fsp3) is 0.355. The van der Waals surface area contributed by atoms with Gasteiger partial charge < -0.3 is 15.0 Å². The lowest BCUT2D eigenvalue weighted by molar-refractivity contribution is -0.140. The standard InChI is InChI=1S/C31H36FN3O5S/c1-3-27(31(37)33-25-11-7-8-12-25)34(21-23-17-19-24(32)20-18-23)30(36)22-35(28-15-9-10-16-29(28)40-2)41(38,39)26-13-5-4-6-14-26/h4-6,9-10,13-20,25,27H,3,7-8,11-12,21-22H2,1-2H3,(H,33,37). The molecule has 3 aromatic rings. The lowest BCUT2D eigenvalue weighted by Crippen LogP contribution is -2.53. The van der Waals surface area contributed by atoms with Crippen molar-refractivity contribution in [2.75, 3.05) is 18.0 Å². The number of ether oxygens (including phenoxy) is 1. The van der Waals surface area contributed by atoms with Crippen LogP contribution in [0.2, 0.25) is 0 Å². The molecule has 4 rings (SSSR count). The maximum absolute atomic E-state index is 14.1. The molecule has 8 nitrogen and oxygen atoms in total. The summed E-state index contributed by atoms with van der Waals surface area (Å²) in [7, 11) is -2.78. The van der Waals surface area contributed by atoms with Gasteiger partial charge in [0, 0.05) is 12.6 Å². The van der Waals surface area contributed by atoms with E-state index in [1.807, 2.05) is 6.92 Å². The number of rotatable bonds is 12. The molecule has 1 saturated carbocycles. The van der Waals surface area contributed by atoms with Gasteiger partial charge >= 0.3 is 0 Å². The van der Waals surface area contributed by atoms with Gasteiger partial charge in [0.25, 0.3) is 10.0 Å². The van der Waals surface area contributed by atoms with E-state index in [2.05, 4.69) is 5.32 Å². The lowest BCUT2D eigenvalue weighted by Gasteiger charge is -2.34. The van der Waals surface area contributed by atoms with Crippen LogP contribution < -0.4 is 14.4 Å². The number of carbonyl (C=O) groups is 2. The van der Waals surface area contributed by atoms with Crippen molar-refractivity contribution in [3.63, 3.8) is 0 Å². The van der Waals surface area contributed by atoms with Crippen LogP contribution in [0.5, 0.6) is 5.75 Å². The largest absolute Gasteiger partial charge is 0.495 e. The molecule has 1 unspecified atom stereocenters. The summed E-state index contributed by atoms with van der Waals surface area (Å²) in [5.41, 5.74) is 0.805. The highest BCUT2D eigenvalue weighted by atomic mass is 32.2. The van der Waals surface area contributed by atoms with E-state index in [4.69, 9.17) is 4.74 Å². The molecular formula is C31H36FN3O5S. The van der Waals surface area contributed by atoms with Crippen molar-refractivity contribution in [3.8, 4) is 5.75 Å². The molecule has 0 spiro atoms. The van der Waals surface area contributed by atoms with E-state index in [1.54, 1.807) is 54.6 Å². The van der Waals surface area contributed by atoms with Gasteiger partial charge in [-0.05, 0) is 61.2 Å². The fourth-order valence-corrected chi connectivity index (χ4v) is 6.59. The normalized spacial score (nSPS) is 14.3. The van der Waals surface area contributed by atoms with Gasteiger partial charge in [-0.15, -0.1) is 0 Å². The second kappa shape index (κ2) is 13.6. The molecule has 1 atom stereocenters. The number of halogens is 1. The van der Waals surface area contributed by atoms with Crippen LogP contribution in [-0.2, 0) is 26.2 Å². The average Bonchev–Trinajstić information content (AvgIpc) is 3.50. The third kappa shape index (κ3) is 7.24. The zero-order valence-electron chi connectivity index (χ0n) is 23.3. The average molecular weight is 582 g/mol. The molecule has 10 heteroatoms. The summed E-state index contributed by atoms with van der Waals surface area (Å²) in [6, 6.07) is 19.3. The van der Waals surface area contributed by atoms with E-state index >= 15 is 0 Å². The molecule has 1 N–H and O–H groups in total. The van der Waals surface area contributed by atoms with E-state index in [-0.39, 0.29) is 34.8 Å². The van der Waals surface area contributed by atoms with Crippen molar-refractivity contribution in [1.82, 2.24) is 10.2 Å². The Balaban J connectivity index is 1.73. The smallest absolute Gasteiger partial charge is 0.264 e. The molecular weight excluding hydrogens is 545 g/mol. The van der Waals surface area contributed by atoms with Crippen LogP contribution >= 0.6 is 0 Å². The van der Waals surface area contributed by atoms with E-state index in [9.17, 15) is 22.4 Å². The van der Waals surface area contributed by atoms with Gasteiger partial charge in [0.05, 0.1) is 17.7 Å². The quantitative estimate of drug-likeness (QED) is 0.329. The summed E-state index contributed by atoms with van der Waals surface area (Å²) < 4.78 is 48.0.